The number of aromatic nitrogens is 2. The molecule has 1 aromatic carbocycles. The molecule has 2 aromatic rings. The second-order valence-corrected chi connectivity index (χ2v) is 7.72. The van der Waals surface area contributed by atoms with Crippen molar-refractivity contribution in [2.45, 2.75) is 31.1 Å². The number of amides is 1. The number of carbonyl (C=O) groups is 2. The Hall–Kier alpha value is -3.16. The molecule has 3 N–H and O–H groups in total. The fourth-order valence-corrected chi connectivity index (χ4v) is 4.45. The summed E-state index contributed by atoms with van der Waals surface area (Å²) in [4.78, 5) is 35.1. The Labute approximate surface area is 169 Å². The first-order valence-electron chi connectivity index (χ1n) is 9.83. The number of nitrogens with two attached hydrogens (primary N) is 1. The molecular formula is C21H25N5O3. The Bertz CT molecular complexity index is 944. The first kappa shape index (κ1) is 19.2. The van der Waals surface area contributed by atoms with Gasteiger partial charge in [-0.1, -0.05) is 6.07 Å². The molecule has 2 aliphatic rings. The Balaban J connectivity index is 1.52. The number of benzene rings is 1. The summed E-state index contributed by atoms with van der Waals surface area (Å²) in [7, 11) is 1.34. The molecule has 29 heavy (non-hydrogen) atoms. The summed E-state index contributed by atoms with van der Waals surface area (Å²) in [6.07, 6.45) is 5.63. The number of rotatable bonds is 4. The van der Waals surface area contributed by atoms with E-state index in [-0.39, 0.29) is 29.8 Å². The summed E-state index contributed by atoms with van der Waals surface area (Å²) in [5.41, 5.74) is 9.16. The van der Waals surface area contributed by atoms with Crippen molar-refractivity contribution < 1.29 is 14.3 Å². The van der Waals surface area contributed by atoms with Crippen LogP contribution in [-0.2, 0) is 21.4 Å². The molecule has 1 aliphatic carbocycles. The summed E-state index contributed by atoms with van der Waals surface area (Å²) in [5.74, 6) is -0.0833. The lowest BCUT2D eigenvalue weighted by Gasteiger charge is -2.40. The maximum Gasteiger partial charge on any atom is 0.325 e. The summed E-state index contributed by atoms with van der Waals surface area (Å²) in [6, 6.07) is 7.21. The van der Waals surface area contributed by atoms with Crippen LogP contribution in [0.5, 0.6) is 0 Å². The predicted octanol–water partition coefficient (Wildman–Crippen LogP) is 1.76. The Morgan fingerprint density at radius 3 is 3.03 bits per heavy atom. The van der Waals surface area contributed by atoms with E-state index in [0.717, 1.165) is 43.5 Å². The first-order chi connectivity index (χ1) is 14.0. The number of carbonyl (C=O) groups excluding carboxylic acids is 2. The number of hydrogen-bond donors (Lipinski definition) is 2. The van der Waals surface area contributed by atoms with E-state index in [1.807, 2.05) is 23.2 Å². The van der Waals surface area contributed by atoms with Crippen LogP contribution in [0.15, 0.2) is 30.5 Å². The molecule has 1 atom stereocenters. The molecule has 152 valence electrons. The molecule has 0 saturated carbocycles. The number of nitrogen functional groups attached to an aromatic ring is 1. The lowest BCUT2D eigenvalue weighted by Crippen LogP contribution is -2.48. The molecule has 1 fully saturated rings. The molecule has 8 heteroatoms. The number of aryl methyl sites for hydroxylation is 1. The number of fused-ring (bicyclic) bond motifs is 2. The molecule has 0 radical (unpaired) electrons. The SMILES string of the molecule is COC(=O)CNc1cccc(C(=O)N2CCCC3(CCc4cnc(N)nc43)C2)c1. The van der Waals surface area contributed by atoms with Gasteiger partial charge in [0, 0.05) is 36.0 Å². The summed E-state index contributed by atoms with van der Waals surface area (Å²) < 4.78 is 4.64. The third kappa shape index (κ3) is 3.74. The maximum atomic E-state index is 13.2. The van der Waals surface area contributed by atoms with Crippen molar-refractivity contribution in [2.75, 3.05) is 37.8 Å². The summed E-state index contributed by atoms with van der Waals surface area (Å²) in [5, 5.41) is 2.99. The van der Waals surface area contributed by atoms with E-state index >= 15 is 0 Å². The number of anilines is 2. The molecule has 4 rings (SSSR count). The smallest absolute Gasteiger partial charge is 0.325 e. The van der Waals surface area contributed by atoms with Crippen LogP contribution in [-0.4, -0.2) is 53.5 Å². The Kier molecular flexibility index (Phi) is 5.08. The summed E-state index contributed by atoms with van der Waals surface area (Å²) in [6.45, 7) is 1.41. The van der Waals surface area contributed by atoms with Crippen molar-refractivity contribution >= 4 is 23.5 Å². The molecule has 0 bridgehead atoms. The Morgan fingerprint density at radius 2 is 2.21 bits per heavy atom. The molecule has 1 aliphatic heterocycles. The zero-order valence-electron chi connectivity index (χ0n) is 16.5. The van der Waals surface area contributed by atoms with E-state index in [2.05, 4.69) is 20.0 Å². The molecule has 8 nitrogen and oxygen atoms in total. The number of hydrogen-bond acceptors (Lipinski definition) is 7. The van der Waals surface area contributed by atoms with Crippen LogP contribution >= 0.6 is 0 Å². The zero-order valence-corrected chi connectivity index (χ0v) is 16.5. The zero-order chi connectivity index (χ0) is 20.4. The minimum Gasteiger partial charge on any atom is -0.468 e. The number of nitrogens with one attached hydrogen (secondary N) is 1. The fraction of sp³-hybridized carbons (Fsp3) is 0.429. The normalized spacial score (nSPS) is 20.4. The number of nitrogens with zero attached hydrogens (tertiary/aromatic N) is 3. The molecule has 1 saturated heterocycles. The fourth-order valence-electron chi connectivity index (χ4n) is 4.45. The molecule has 1 spiro atoms. The van der Waals surface area contributed by atoms with Crippen molar-refractivity contribution in [3.63, 3.8) is 0 Å². The highest BCUT2D eigenvalue weighted by molar-refractivity contribution is 5.95. The second-order valence-electron chi connectivity index (χ2n) is 7.72. The highest BCUT2D eigenvalue weighted by atomic mass is 16.5. The number of methoxy groups -OCH3 is 1. The molecule has 1 unspecified atom stereocenters. The second kappa shape index (κ2) is 7.69. The van der Waals surface area contributed by atoms with Crippen LogP contribution < -0.4 is 11.1 Å². The highest BCUT2D eigenvalue weighted by Crippen LogP contribution is 2.44. The van der Waals surface area contributed by atoms with E-state index in [1.54, 1.807) is 12.1 Å². The lowest BCUT2D eigenvalue weighted by molar-refractivity contribution is -0.138. The van der Waals surface area contributed by atoms with Crippen molar-refractivity contribution in [1.29, 1.82) is 0 Å². The number of likely N-dealkylation sites (tertiary alicyclic amines) is 1. The van der Waals surface area contributed by atoms with Crippen molar-refractivity contribution in [3.05, 3.63) is 47.3 Å². The van der Waals surface area contributed by atoms with Gasteiger partial charge in [0.15, 0.2) is 0 Å². The van der Waals surface area contributed by atoms with E-state index in [4.69, 9.17) is 5.73 Å². The van der Waals surface area contributed by atoms with Crippen molar-refractivity contribution in [1.82, 2.24) is 14.9 Å². The van der Waals surface area contributed by atoms with E-state index in [9.17, 15) is 9.59 Å². The van der Waals surface area contributed by atoms with Crippen LogP contribution in [0, 0.1) is 0 Å². The standard InChI is InChI=1S/C21H25N5O3/c1-29-17(27)12-23-16-5-2-4-14(10-16)19(28)26-9-3-7-21(13-26)8-6-15-11-24-20(22)25-18(15)21/h2,4-5,10-11,23H,3,6-9,12-13H2,1H3,(H2,22,24,25). The third-order valence-corrected chi connectivity index (χ3v) is 5.90. The third-order valence-electron chi connectivity index (χ3n) is 5.90. The number of ether oxygens (including phenoxy) is 1. The van der Waals surface area contributed by atoms with Crippen LogP contribution in [0.3, 0.4) is 0 Å². The molecule has 1 amide bonds. The number of esters is 1. The van der Waals surface area contributed by atoms with E-state index < -0.39 is 0 Å². The van der Waals surface area contributed by atoms with Gasteiger partial charge in [-0.15, -0.1) is 0 Å². The van der Waals surface area contributed by atoms with Gasteiger partial charge in [0.05, 0.1) is 12.8 Å². The maximum absolute atomic E-state index is 13.2. The largest absolute Gasteiger partial charge is 0.468 e. The average Bonchev–Trinajstić information content (AvgIpc) is 3.08. The van der Waals surface area contributed by atoms with E-state index in [0.29, 0.717) is 17.8 Å². The van der Waals surface area contributed by atoms with Gasteiger partial charge in [-0.05, 0) is 49.4 Å². The molecule has 1 aromatic heterocycles. The van der Waals surface area contributed by atoms with Crippen LogP contribution in [0.25, 0.3) is 0 Å². The van der Waals surface area contributed by atoms with Crippen LogP contribution in [0.2, 0.25) is 0 Å². The van der Waals surface area contributed by atoms with Gasteiger partial charge in [0.1, 0.15) is 6.54 Å². The highest BCUT2D eigenvalue weighted by Gasteiger charge is 2.44. The van der Waals surface area contributed by atoms with Crippen LogP contribution in [0.4, 0.5) is 11.6 Å². The van der Waals surface area contributed by atoms with Gasteiger partial charge >= 0.3 is 5.97 Å². The van der Waals surface area contributed by atoms with Crippen LogP contribution in [0.1, 0.15) is 40.9 Å². The first-order valence-corrected chi connectivity index (χ1v) is 9.83. The van der Waals surface area contributed by atoms with Gasteiger partial charge < -0.3 is 20.7 Å². The summed E-state index contributed by atoms with van der Waals surface area (Å²) >= 11 is 0. The molecule has 2 heterocycles. The average molecular weight is 395 g/mol. The lowest BCUT2D eigenvalue weighted by atomic mass is 9.77. The Morgan fingerprint density at radius 1 is 1.34 bits per heavy atom. The van der Waals surface area contributed by atoms with Crippen molar-refractivity contribution in [2.24, 2.45) is 0 Å². The van der Waals surface area contributed by atoms with Gasteiger partial charge in [-0.2, -0.15) is 0 Å². The van der Waals surface area contributed by atoms with E-state index in [1.165, 1.54) is 7.11 Å². The quantitative estimate of drug-likeness (QED) is 0.759. The molecular weight excluding hydrogens is 370 g/mol. The van der Waals surface area contributed by atoms with Gasteiger partial charge in [-0.25, -0.2) is 9.97 Å². The van der Waals surface area contributed by atoms with Gasteiger partial charge in [-0.3, -0.25) is 9.59 Å². The minimum atomic E-state index is -0.360. The van der Waals surface area contributed by atoms with Gasteiger partial charge in [0.25, 0.3) is 5.91 Å². The predicted molar refractivity (Wildman–Crippen MR) is 109 cm³/mol. The number of piperidine rings is 1. The van der Waals surface area contributed by atoms with Crippen molar-refractivity contribution in [3.8, 4) is 0 Å². The monoisotopic (exact) mass is 395 g/mol. The topological polar surface area (TPSA) is 110 Å². The minimum absolute atomic E-state index is 0.0127. The van der Waals surface area contributed by atoms with Gasteiger partial charge in [0.2, 0.25) is 5.95 Å².